The number of carboxylic acids is 1. The maximum Gasteiger partial charge on any atom is 0.328 e. The van der Waals surface area contributed by atoms with Crippen molar-refractivity contribution in [3.8, 4) is 0 Å². The molecule has 0 aliphatic carbocycles. The standard InChI is InChI=1S/C17H24ClNO2/c1-12(2)10-19(11-13(3)4)15-7-5-14(16(18)9-15)6-8-17(20)21/h5-9,12-13H,10-11H2,1-4H3,(H,20,21)/b8-6+. The maximum absolute atomic E-state index is 10.6. The van der Waals surface area contributed by atoms with Crippen LogP contribution in [0.5, 0.6) is 0 Å². The molecular weight excluding hydrogens is 286 g/mol. The van der Waals surface area contributed by atoms with Crippen LogP contribution in [0.25, 0.3) is 6.08 Å². The average Bonchev–Trinajstić information content (AvgIpc) is 2.35. The number of aliphatic carboxylic acids is 1. The second-order valence-corrected chi connectivity index (χ2v) is 6.48. The van der Waals surface area contributed by atoms with Gasteiger partial charge in [0.15, 0.2) is 0 Å². The van der Waals surface area contributed by atoms with Crippen molar-refractivity contribution in [3.63, 3.8) is 0 Å². The van der Waals surface area contributed by atoms with Gasteiger partial charge >= 0.3 is 5.97 Å². The van der Waals surface area contributed by atoms with Crippen LogP contribution >= 0.6 is 11.6 Å². The van der Waals surface area contributed by atoms with Gasteiger partial charge in [0.1, 0.15) is 0 Å². The molecule has 0 aromatic heterocycles. The minimum absolute atomic E-state index is 0.564. The van der Waals surface area contributed by atoms with Crippen LogP contribution in [0.1, 0.15) is 33.3 Å². The van der Waals surface area contributed by atoms with Crippen molar-refractivity contribution in [3.05, 3.63) is 34.9 Å². The molecule has 0 aliphatic rings. The lowest BCUT2D eigenvalue weighted by Crippen LogP contribution is -2.31. The third-order valence-electron chi connectivity index (χ3n) is 2.93. The molecule has 0 unspecified atom stereocenters. The SMILES string of the molecule is CC(C)CN(CC(C)C)c1ccc(/C=C/C(=O)O)c(Cl)c1. The summed E-state index contributed by atoms with van der Waals surface area (Å²) in [6, 6.07) is 5.77. The summed E-state index contributed by atoms with van der Waals surface area (Å²) in [7, 11) is 0. The Morgan fingerprint density at radius 3 is 2.24 bits per heavy atom. The summed E-state index contributed by atoms with van der Waals surface area (Å²) < 4.78 is 0. The van der Waals surface area contributed by atoms with E-state index in [4.69, 9.17) is 16.7 Å². The van der Waals surface area contributed by atoms with Gasteiger partial charge in [-0.2, -0.15) is 0 Å². The van der Waals surface area contributed by atoms with Crippen molar-refractivity contribution in [1.82, 2.24) is 0 Å². The average molecular weight is 310 g/mol. The van der Waals surface area contributed by atoms with Crippen molar-refractivity contribution in [1.29, 1.82) is 0 Å². The van der Waals surface area contributed by atoms with Gasteiger partial charge < -0.3 is 10.0 Å². The highest BCUT2D eigenvalue weighted by molar-refractivity contribution is 6.32. The third kappa shape index (κ3) is 6.21. The zero-order valence-corrected chi connectivity index (χ0v) is 13.9. The molecule has 1 aromatic carbocycles. The molecule has 116 valence electrons. The second kappa shape index (κ2) is 8.08. The van der Waals surface area contributed by atoms with Crippen LogP contribution in [0.4, 0.5) is 5.69 Å². The van der Waals surface area contributed by atoms with Crippen molar-refractivity contribution < 1.29 is 9.90 Å². The monoisotopic (exact) mass is 309 g/mol. The zero-order valence-electron chi connectivity index (χ0n) is 13.1. The molecule has 0 heterocycles. The Labute approximate surface area is 132 Å². The number of anilines is 1. The highest BCUT2D eigenvalue weighted by atomic mass is 35.5. The summed E-state index contributed by atoms with van der Waals surface area (Å²) >= 11 is 6.26. The molecule has 3 nitrogen and oxygen atoms in total. The molecule has 0 amide bonds. The Hall–Kier alpha value is -1.48. The van der Waals surface area contributed by atoms with E-state index < -0.39 is 5.97 Å². The van der Waals surface area contributed by atoms with E-state index in [2.05, 4.69) is 32.6 Å². The minimum atomic E-state index is -0.976. The number of carboxylic acid groups (broad SMARTS) is 1. The van der Waals surface area contributed by atoms with Gasteiger partial charge in [-0.15, -0.1) is 0 Å². The first kappa shape index (κ1) is 17.6. The lowest BCUT2D eigenvalue weighted by molar-refractivity contribution is -0.131. The van der Waals surface area contributed by atoms with Gasteiger partial charge in [-0.05, 0) is 35.6 Å². The Morgan fingerprint density at radius 2 is 1.81 bits per heavy atom. The molecule has 1 aromatic rings. The van der Waals surface area contributed by atoms with Crippen LogP contribution in [0.15, 0.2) is 24.3 Å². The van der Waals surface area contributed by atoms with Gasteiger partial charge in [0, 0.05) is 29.9 Å². The van der Waals surface area contributed by atoms with E-state index in [0.29, 0.717) is 16.9 Å². The first-order chi connectivity index (χ1) is 9.79. The molecule has 0 spiro atoms. The molecule has 0 saturated carbocycles. The number of carbonyl (C=O) groups is 1. The second-order valence-electron chi connectivity index (χ2n) is 6.07. The molecule has 0 bridgehead atoms. The number of hydrogen-bond donors (Lipinski definition) is 1. The van der Waals surface area contributed by atoms with Crippen LogP contribution < -0.4 is 4.90 Å². The maximum atomic E-state index is 10.6. The van der Waals surface area contributed by atoms with Crippen molar-refractivity contribution in [2.75, 3.05) is 18.0 Å². The van der Waals surface area contributed by atoms with Gasteiger partial charge in [0.05, 0.1) is 0 Å². The lowest BCUT2D eigenvalue weighted by atomic mass is 10.1. The summed E-state index contributed by atoms with van der Waals surface area (Å²) in [6.07, 6.45) is 2.62. The molecule has 0 aliphatic heterocycles. The van der Waals surface area contributed by atoms with E-state index in [0.717, 1.165) is 30.4 Å². The molecular formula is C17H24ClNO2. The van der Waals surface area contributed by atoms with Gasteiger partial charge in [-0.25, -0.2) is 4.79 Å². The quantitative estimate of drug-likeness (QED) is 0.751. The predicted molar refractivity (Wildman–Crippen MR) is 90.0 cm³/mol. The minimum Gasteiger partial charge on any atom is -0.478 e. The van der Waals surface area contributed by atoms with E-state index in [1.54, 1.807) is 0 Å². The van der Waals surface area contributed by atoms with Crippen molar-refractivity contribution in [2.45, 2.75) is 27.7 Å². The fourth-order valence-corrected chi connectivity index (χ4v) is 2.41. The number of hydrogen-bond acceptors (Lipinski definition) is 2. The van der Waals surface area contributed by atoms with E-state index in [1.165, 1.54) is 6.08 Å². The molecule has 21 heavy (non-hydrogen) atoms. The van der Waals surface area contributed by atoms with Gasteiger partial charge in [0.25, 0.3) is 0 Å². The van der Waals surface area contributed by atoms with Crippen molar-refractivity contribution >= 4 is 29.3 Å². The smallest absolute Gasteiger partial charge is 0.328 e. The van der Waals surface area contributed by atoms with E-state index >= 15 is 0 Å². The number of halogens is 1. The topological polar surface area (TPSA) is 40.5 Å². The molecule has 4 heteroatoms. The Bertz CT molecular complexity index is 500. The largest absolute Gasteiger partial charge is 0.478 e. The van der Waals surface area contributed by atoms with Crippen molar-refractivity contribution in [2.24, 2.45) is 11.8 Å². The molecule has 0 radical (unpaired) electrons. The normalized spacial score (nSPS) is 11.6. The first-order valence-corrected chi connectivity index (χ1v) is 7.63. The predicted octanol–water partition coefficient (Wildman–Crippen LogP) is 4.56. The first-order valence-electron chi connectivity index (χ1n) is 7.25. The summed E-state index contributed by atoms with van der Waals surface area (Å²) in [6.45, 7) is 10.7. The fourth-order valence-electron chi connectivity index (χ4n) is 2.18. The van der Waals surface area contributed by atoms with E-state index in [1.807, 2.05) is 18.2 Å². The lowest BCUT2D eigenvalue weighted by Gasteiger charge is -2.29. The fraction of sp³-hybridized carbons (Fsp3) is 0.471. The molecule has 0 saturated heterocycles. The van der Waals surface area contributed by atoms with Crippen LogP contribution in [-0.2, 0) is 4.79 Å². The summed E-state index contributed by atoms with van der Waals surface area (Å²) in [4.78, 5) is 12.9. The molecule has 0 fully saturated rings. The number of benzene rings is 1. The molecule has 1 N–H and O–H groups in total. The zero-order chi connectivity index (χ0) is 16.0. The Kier molecular flexibility index (Phi) is 6.76. The van der Waals surface area contributed by atoms with Gasteiger partial charge in [-0.1, -0.05) is 45.4 Å². The van der Waals surface area contributed by atoms with E-state index in [-0.39, 0.29) is 0 Å². The van der Waals surface area contributed by atoms with Gasteiger partial charge in [0.2, 0.25) is 0 Å². The third-order valence-corrected chi connectivity index (χ3v) is 3.25. The summed E-state index contributed by atoms with van der Waals surface area (Å²) in [5.74, 6) is 0.152. The highest BCUT2D eigenvalue weighted by Crippen LogP contribution is 2.26. The summed E-state index contributed by atoms with van der Waals surface area (Å²) in [5, 5.41) is 9.24. The van der Waals surface area contributed by atoms with Gasteiger partial charge in [-0.3, -0.25) is 0 Å². The Morgan fingerprint density at radius 1 is 1.24 bits per heavy atom. The van der Waals surface area contributed by atoms with Crippen LogP contribution in [0.3, 0.4) is 0 Å². The Balaban J connectivity index is 2.99. The highest BCUT2D eigenvalue weighted by Gasteiger charge is 2.12. The number of nitrogens with zero attached hydrogens (tertiary/aromatic N) is 1. The van der Waals surface area contributed by atoms with Crippen LogP contribution in [0.2, 0.25) is 5.02 Å². The van der Waals surface area contributed by atoms with E-state index in [9.17, 15) is 4.79 Å². The molecule has 0 atom stereocenters. The summed E-state index contributed by atoms with van der Waals surface area (Å²) in [5.41, 5.74) is 1.80. The molecule has 1 rings (SSSR count). The van der Waals surface area contributed by atoms with Crippen LogP contribution in [0, 0.1) is 11.8 Å². The van der Waals surface area contributed by atoms with Crippen LogP contribution in [-0.4, -0.2) is 24.2 Å². The number of rotatable bonds is 7.